The molecule has 0 saturated carbocycles. The predicted molar refractivity (Wildman–Crippen MR) is 104 cm³/mol. The number of hydrogen-bond donors (Lipinski definition) is 0. The van der Waals surface area contributed by atoms with Gasteiger partial charge in [0.05, 0.1) is 10.3 Å². The summed E-state index contributed by atoms with van der Waals surface area (Å²) in [4.78, 5) is 13.1. The van der Waals surface area contributed by atoms with Crippen molar-refractivity contribution in [3.8, 4) is 0 Å². The Morgan fingerprint density at radius 2 is 1.85 bits per heavy atom. The van der Waals surface area contributed by atoms with Gasteiger partial charge in [0.25, 0.3) is 0 Å². The molecule has 27 heavy (non-hydrogen) atoms. The minimum atomic E-state index is -3.70. The van der Waals surface area contributed by atoms with E-state index in [9.17, 15) is 12.8 Å². The van der Waals surface area contributed by atoms with Crippen molar-refractivity contribution in [3.63, 3.8) is 0 Å². The van der Waals surface area contributed by atoms with Crippen LogP contribution in [0.4, 0.5) is 10.2 Å². The van der Waals surface area contributed by atoms with Gasteiger partial charge in [-0.25, -0.2) is 22.8 Å². The summed E-state index contributed by atoms with van der Waals surface area (Å²) in [5.41, 5.74) is 1.17. The van der Waals surface area contributed by atoms with Crippen LogP contribution in [0.5, 0.6) is 0 Å². The SMILES string of the molecule is Cc1sc2ncnc(N3CCN(S(=O)(=O)c4cccc(F)c4)CC3)c2c1C. The number of aromatic nitrogens is 2. The number of sulfonamides is 1. The monoisotopic (exact) mass is 406 g/mol. The molecule has 142 valence electrons. The third-order valence-corrected chi connectivity index (χ3v) is 7.93. The molecule has 0 aliphatic carbocycles. The maximum Gasteiger partial charge on any atom is 0.243 e. The normalized spacial score (nSPS) is 16.2. The Balaban J connectivity index is 1.58. The van der Waals surface area contributed by atoms with Crippen LogP contribution in [0.25, 0.3) is 10.2 Å². The fraction of sp³-hybridized carbons (Fsp3) is 0.333. The molecule has 3 aromatic rings. The Morgan fingerprint density at radius 3 is 2.56 bits per heavy atom. The van der Waals surface area contributed by atoms with Gasteiger partial charge in [0.1, 0.15) is 22.8 Å². The van der Waals surface area contributed by atoms with E-state index in [2.05, 4.69) is 28.7 Å². The maximum atomic E-state index is 13.4. The number of nitrogens with zero attached hydrogens (tertiary/aromatic N) is 4. The topological polar surface area (TPSA) is 66.4 Å². The fourth-order valence-corrected chi connectivity index (χ4v) is 5.77. The molecule has 0 unspecified atom stereocenters. The highest BCUT2D eigenvalue weighted by Gasteiger charge is 2.30. The highest BCUT2D eigenvalue weighted by molar-refractivity contribution is 7.89. The summed E-state index contributed by atoms with van der Waals surface area (Å²) in [5.74, 6) is 0.297. The van der Waals surface area contributed by atoms with E-state index < -0.39 is 15.8 Å². The summed E-state index contributed by atoms with van der Waals surface area (Å²) in [6.07, 6.45) is 1.56. The number of aryl methyl sites for hydroxylation is 2. The maximum absolute atomic E-state index is 13.4. The van der Waals surface area contributed by atoms with Crippen LogP contribution in [0, 0.1) is 19.7 Å². The minimum absolute atomic E-state index is 0.00956. The van der Waals surface area contributed by atoms with Crippen LogP contribution in [0.1, 0.15) is 10.4 Å². The summed E-state index contributed by atoms with van der Waals surface area (Å²) in [5, 5.41) is 1.04. The van der Waals surface area contributed by atoms with Gasteiger partial charge in [-0.1, -0.05) is 6.07 Å². The Morgan fingerprint density at radius 1 is 1.11 bits per heavy atom. The summed E-state index contributed by atoms with van der Waals surface area (Å²) < 4.78 is 40.4. The lowest BCUT2D eigenvalue weighted by Gasteiger charge is -2.35. The van der Waals surface area contributed by atoms with E-state index in [-0.39, 0.29) is 4.90 Å². The second kappa shape index (κ2) is 6.81. The molecule has 0 bridgehead atoms. The number of piperazine rings is 1. The van der Waals surface area contributed by atoms with Crippen LogP contribution in [0.3, 0.4) is 0 Å². The third kappa shape index (κ3) is 3.19. The minimum Gasteiger partial charge on any atom is -0.353 e. The van der Waals surface area contributed by atoms with Gasteiger partial charge in [-0.05, 0) is 37.6 Å². The summed E-state index contributed by atoms with van der Waals surface area (Å²) in [6, 6.07) is 5.14. The first-order valence-electron chi connectivity index (χ1n) is 8.59. The van der Waals surface area contributed by atoms with E-state index in [4.69, 9.17) is 0 Å². The van der Waals surface area contributed by atoms with E-state index >= 15 is 0 Å². The molecule has 3 heterocycles. The van der Waals surface area contributed by atoms with E-state index in [0.717, 1.165) is 22.1 Å². The molecule has 0 spiro atoms. The number of hydrogen-bond acceptors (Lipinski definition) is 6. The lowest BCUT2D eigenvalue weighted by atomic mass is 10.2. The first-order valence-corrected chi connectivity index (χ1v) is 10.8. The molecular weight excluding hydrogens is 387 g/mol. The molecule has 4 rings (SSSR count). The first kappa shape index (κ1) is 18.3. The molecule has 9 heteroatoms. The Bertz CT molecular complexity index is 1110. The van der Waals surface area contributed by atoms with Crippen molar-refractivity contribution in [3.05, 3.63) is 46.9 Å². The highest BCUT2D eigenvalue weighted by Crippen LogP contribution is 2.34. The first-order chi connectivity index (χ1) is 12.9. The molecule has 1 saturated heterocycles. The van der Waals surface area contributed by atoms with Gasteiger partial charge in [0.2, 0.25) is 10.0 Å². The fourth-order valence-electron chi connectivity index (χ4n) is 3.32. The van der Waals surface area contributed by atoms with Crippen LogP contribution in [-0.2, 0) is 10.0 Å². The van der Waals surface area contributed by atoms with Gasteiger partial charge in [0.15, 0.2) is 0 Å². The van der Waals surface area contributed by atoms with Gasteiger partial charge < -0.3 is 4.90 Å². The van der Waals surface area contributed by atoms with E-state index in [1.165, 1.54) is 32.9 Å². The number of anilines is 1. The van der Waals surface area contributed by atoms with Crippen molar-refractivity contribution in [2.75, 3.05) is 31.1 Å². The summed E-state index contributed by atoms with van der Waals surface area (Å²) >= 11 is 1.64. The van der Waals surface area contributed by atoms with Crippen molar-refractivity contribution >= 4 is 37.4 Å². The molecule has 0 radical (unpaired) electrons. The second-order valence-electron chi connectivity index (χ2n) is 6.51. The van der Waals surface area contributed by atoms with E-state index in [1.54, 1.807) is 17.7 Å². The lowest BCUT2D eigenvalue weighted by molar-refractivity contribution is 0.384. The Hall–Kier alpha value is -2.10. The number of fused-ring (bicyclic) bond motifs is 1. The Labute approximate surface area is 161 Å². The molecule has 6 nitrogen and oxygen atoms in total. The van der Waals surface area contributed by atoms with Gasteiger partial charge in [0, 0.05) is 31.1 Å². The second-order valence-corrected chi connectivity index (χ2v) is 9.65. The predicted octanol–water partition coefficient (Wildman–Crippen LogP) is 2.96. The van der Waals surface area contributed by atoms with Crippen molar-refractivity contribution in [1.82, 2.24) is 14.3 Å². The average Bonchev–Trinajstić information content (AvgIpc) is 2.96. The third-order valence-electron chi connectivity index (χ3n) is 4.92. The van der Waals surface area contributed by atoms with E-state index in [1.807, 2.05) is 0 Å². The summed E-state index contributed by atoms with van der Waals surface area (Å²) in [7, 11) is -3.70. The van der Waals surface area contributed by atoms with Crippen LogP contribution >= 0.6 is 11.3 Å². The van der Waals surface area contributed by atoms with Crippen molar-refractivity contribution in [2.24, 2.45) is 0 Å². The molecule has 0 atom stereocenters. The molecule has 1 aromatic carbocycles. The van der Waals surface area contributed by atoms with Gasteiger partial charge in [-0.3, -0.25) is 0 Å². The number of rotatable bonds is 3. The zero-order chi connectivity index (χ0) is 19.2. The molecule has 2 aromatic heterocycles. The Kier molecular flexibility index (Phi) is 4.61. The average molecular weight is 407 g/mol. The van der Waals surface area contributed by atoms with Crippen LogP contribution in [0.15, 0.2) is 35.5 Å². The summed E-state index contributed by atoms with van der Waals surface area (Å²) in [6.45, 7) is 5.82. The van der Waals surface area contributed by atoms with Crippen molar-refractivity contribution < 1.29 is 12.8 Å². The van der Waals surface area contributed by atoms with Crippen molar-refractivity contribution in [2.45, 2.75) is 18.7 Å². The van der Waals surface area contributed by atoms with Crippen LogP contribution in [0.2, 0.25) is 0 Å². The molecule has 0 amide bonds. The number of benzene rings is 1. The molecule has 1 aliphatic rings. The zero-order valence-electron chi connectivity index (χ0n) is 15.0. The molecule has 1 aliphatic heterocycles. The van der Waals surface area contributed by atoms with Crippen LogP contribution < -0.4 is 4.90 Å². The molecular formula is C18H19FN4O2S2. The van der Waals surface area contributed by atoms with Gasteiger partial charge in [-0.2, -0.15) is 4.31 Å². The number of halogens is 1. The smallest absolute Gasteiger partial charge is 0.243 e. The number of thiophene rings is 1. The van der Waals surface area contributed by atoms with Gasteiger partial charge in [-0.15, -0.1) is 11.3 Å². The van der Waals surface area contributed by atoms with Crippen LogP contribution in [-0.4, -0.2) is 48.9 Å². The lowest BCUT2D eigenvalue weighted by Crippen LogP contribution is -2.49. The van der Waals surface area contributed by atoms with Crippen molar-refractivity contribution in [1.29, 1.82) is 0 Å². The zero-order valence-corrected chi connectivity index (χ0v) is 16.6. The largest absolute Gasteiger partial charge is 0.353 e. The quantitative estimate of drug-likeness (QED) is 0.669. The highest BCUT2D eigenvalue weighted by atomic mass is 32.2. The van der Waals surface area contributed by atoms with E-state index in [0.29, 0.717) is 26.2 Å². The standard InChI is InChI=1S/C18H19FN4O2S2/c1-12-13(2)26-18-16(12)17(20-11-21-18)22-6-8-23(9-7-22)27(24,25)15-5-3-4-14(19)10-15/h3-5,10-11H,6-9H2,1-2H3. The van der Waals surface area contributed by atoms with Gasteiger partial charge >= 0.3 is 0 Å². The molecule has 0 N–H and O–H groups in total. The molecule has 1 fully saturated rings.